The van der Waals surface area contributed by atoms with Gasteiger partial charge in [-0.15, -0.1) is 11.8 Å². The van der Waals surface area contributed by atoms with Gasteiger partial charge in [-0.3, -0.25) is 0 Å². The zero-order chi connectivity index (χ0) is 21.9. The summed E-state index contributed by atoms with van der Waals surface area (Å²) in [7, 11) is 0. The number of carbonyl (C=O) groups excluding carboxylic acids is 2. The molecule has 1 rings (SSSR count). The Morgan fingerprint density at radius 1 is 1.03 bits per heavy atom. The Balaban J connectivity index is 2.93. The fourth-order valence-electron chi connectivity index (χ4n) is 3.02. The first-order chi connectivity index (χ1) is 13.9. The molecule has 0 saturated carbocycles. The second-order valence-corrected chi connectivity index (χ2v) is 8.78. The lowest BCUT2D eigenvalue weighted by atomic mass is 10.1. The number of cyclic esters (lactones) is 1. The van der Waals surface area contributed by atoms with Crippen molar-refractivity contribution in [1.29, 1.82) is 0 Å². The summed E-state index contributed by atoms with van der Waals surface area (Å²) >= 11 is 2.84. The smallest absolute Gasteiger partial charge is 0.375 e. The van der Waals surface area contributed by atoms with Gasteiger partial charge in [0.25, 0.3) is 5.60 Å². The minimum absolute atomic E-state index is 0.181. The number of carbonyl (C=O) groups is 2. The number of esters is 2. The van der Waals surface area contributed by atoms with Gasteiger partial charge in [-0.2, -0.15) is 11.8 Å². The number of hydrogen-bond acceptors (Lipinski definition) is 9. The Bertz CT molecular complexity index is 565. The third kappa shape index (κ3) is 7.08. The Kier molecular flexibility index (Phi) is 12.1. The molecule has 0 aliphatic carbocycles. The molecule has 1 unspecified atom stereocenters. The fraction of sp³-hybridized carbons (Fsp3) is 0.800. The Hall–Kier alpha value is -0.900. The number of thioether (sulfide) groups is 2. The van der Waals surface area contributed by atoms with E-state index in [0.717, 1.165) is 45.0 Å². The van der Waals surface area contributed by atoms with Crippen molar-refractivity contribution in [2.75, 3.05) is 63.1 Å². The lowest BCUT2D eigenvalue weighted by Crippen LogP contribution is -2.45. The predicted molar refractivity (Wildman–Crippen MR) is 120 cm³/mol. The van der Waals surface area contributed by atoms with Crippen LogP contribution in [-0.4, -0.2) is 95.6 Å². The summed E-state index contributed by atoms with van der Waals surface area (Å²) in [4.78, 5) is 29.8. The van der Waals surface area contributed by atoms with E-state index < -0.39 is 23.3 Å². The highest BCUT2D eigenvalue weighted by atomic mass is 32.2. The molecule has 1 aliphatic rings. The Morgan fingerprint density at radius 2 is 1.59 bits per heavy atom. The minimum atomic E-state index is -1.56. The molecule has 7 nitrogen and oxygen atoms in total. The molecule has 29 heavy (non-hydrogen) atoms. The van der Waals surface area contributed by atoms with Crippen LogP contribution in [0.15, 0.2) is 10.7 Å². The largest absolute Gasteiger partial charge is 0.501 e. The van der Waals surface area contributed by atoms with Crippen LogP contribution in [0.2, 0.25) is 0 Å². The lowest BCUT2D eigenvalue weighted by Gasteiger charge is -2.28. The van der Waals surface area contributed by atoms with Crippen molar-refractivity contribution in [1.82, 2.24) is 9.80 Å². The molecule has 0 spiro atoms. The standard InChI is InChI=1S/C20H36N2O5S2/c1-6-21(7-2)11-13-28-15-20(19(25)26-10-5)17(16(23)18(24)27-20)29-14-12-22(8-3)9-4/h23H,6-15H2,1-5H3. The third-order valence-corrected chi connectivity index (χ3v) is 7.23. The van der Waals surface area contributed by atoms with Crippen LogP contribution >= 0.6 is 23.5 Å². The molecule has 1 atom stereocenters. The van der Waals surface area contributed by atoms with Gasteiger partial charge in [-0.25, -0.2) is 9.59 Å². The van der Waals surface area contributed by atoms with Crippen LogP contribution in [0, 0.1) is 0 Å². The predicted octanol–water partition coefficient (Wildman–Crippen LogP) is 2.76. The van der Waals surface area contributed by atoms with E-state index in [1.54, 1.807) is 6.92 Å². The average molecular weight is 449 g/mol. The molecule has 0 fully saturated rings. The van der Waals surface area contributed by atoms with Crippen LogP contribution in [0.3, 0.4) is 0 Å². The zero-order valence-corrected chi connectivity index (χ0v) is 20.0. The van der Waals surface area contributed by atoms with Crippen molar-refractivity contribution < 1.29 is 24.2 Å². The summed E-state index contributed by atoms with van der Waals surface area (Å²) in [6.45, 7) is 15.7. The minimum Gasteiger partial charge on any atom is -0.501 e. The average Bonchev–Trinajstić information content (AvgIpc) is 2.96. The molecule has 1 heterocycles. The van der Waals surface area contributed by atoms with Crippen LogP contribution < -0.4 is 0 Å². The molecule has 1 N–H and O–H groups in total. The third-order valence-electron chi connectivity index (χ3n) is 4.95. The topological polar surface area (TPSA) is 79.3 Å². The number of ether oxygens (including phenoxy) is 2. The van der Waals surface area contributed by atoms with E-state index in [-0.39, 0.29) is 17.3 Å². The summed E-state index contributed by atoms with van der Waals surface area (Å²) in [6.07, 6.45) is 0. The van der Waals surface area contributed by atoms with Gasteiger partial charge in [0, 0.05) is 30.3 Å². The van der Waals surface area contributed by atoms with Crippen LogP contribution in [-0.2, 0) is 19.1 Å². The molecule has 0 aromatic carbocycles. The molecule has 168 valence electrons. The van der Waals surface area contributed by atoms with E-state index in [4.69, 9.17) is 9.47 Å². The summed E-state index contributed by atoms with van der Waals surface area (Å²) in [5.74, 6) is -0.268. The van der Waals surface area contributed by atoms with E-state index in [9.17, 15) is 14.7 Å². The van der Waals surface area contributed by atoms with Gasteiger partial charge < -0.3 is 24.4 Å². The molecule has 0 saturated heterocycles. The van der Waals surface area contributed by atoms with E-state index in [0.29, 0.717) is 5.75 Å². The first-order valence-electron chi connectivity index (χ1n) is 10.4. The van der Waals surface area contributed by atoms with Crippen molar-refractivity contribution in [3.63, 3.8) is 0 Å². The van der Waals surface area contributed by atoms with Crippen molar-refractivity contribution in [3.8, 4) is 0 Å². The maximum absolute atomic E-state index is 12.8. The van der Waals surface area contributed by atoms with E-state index in [1.807, 2.05) is 0 Å². The molecule has 0 amide bonds. The maximum Gasteiger partial charge on any atom is 0.375 e. The molecule has 9 heteroatoms. The molecule has 1 aliphatic heterocycles. The number of aliphatic hydroxyl groups excluding tert-OH is 1. The molecule has 0 aromatic rings. The first-order valence-corrected chi connectivity index (χ1v) is 12.5. The highest BCUT2D eigenvalue weighted by molar-refractivity contribution is 8.03. The van der Waals surface area contributed by atoms with Crippen LogP contribution in [0.1, 0.15) is 34.6 Å². The maximum atomic E-state index is 12.8. The normalized spacial score (nSPS) is 19.3. The van der Waals surface area contributed by atoms with Gasteiger partial charge in [0.05, 0.1) is 11.5 Å². The fourth-order valence-corrected chi connectivity index (χ4v) is 5.46. The molecule has 0 aromatic heterocycles. The zero-order valence-electron chi connectivity index (χ0n) is 18.4. The van der Waals surface area contributed by atoms with Gasteiger partial charge in [-0.05, 0) is 33.1 Å². The van der Waals surface area contributed by atoms with E-state index in [1.165, 1.54) is 23.5 Å². The van der Waals surface area contributed by atoms with Gasteiger partial charge >= 0.3 is 11.9 Å². The molecule has 0 bridgehead atoms. The monoisotopic (exact) mass is 448 g/mol. The van der Waals surface area contributed by atoms with E-state index >= 15 is 0 Å². The van der Waals surface area contributed by atoms with Gasteiger partial charge in [-0.1, -0.05) is 27.7 Å². The highest BCUT2D eigenvalue weighted by Crippen LogP contribution is 2.42. The van der Waals surface area contributed by atoms with Crippen LogP contribution in [0.5, 0.6) is 0 Å². The number of rotatable bonds is 15. The Labute approximate surface area is 183 Å². The Morgan fingerprint density at radius 3 is 2.10 bits per heavy atom. The number of nitrogens with zero attached hydrogens (tertiary/aromatic N) is 2. The van der Waals surface area contributed by atoms with Crippen LogP contribution in [0.4, 0.5) is 0 Å². The summed E-state index contributed by atoms with van der Waals surface area (Å²) < 4.78 is 10.7. The summed E-state index contributed by atoms with van der Waals surface area (Å²) in [5.41, 5.74) is -1.56. The lowest BCUT2D eigenvalue weighted by molar-refractivity contribution is -0.169. The van der Waals surface area contributed by atoms with Crippen molar-refractivity contribution >= 4 is 35.5 Å². The molecular formula is C20H36N2O5S2. The van der Waals surface area contributed by atoms with Crippen LogP contribution in [0.25, 0.3) is 0 Å². The van der Waals surface area contributed by atoms with Crippen molar-refractivity contribution in [2.45, 2.75) is 40.2 Å². The first kappa shape index (κ1) is 26.1. The highest BCUT2D eigenvalue weighted by Gasteiger charge is 2.55. The van der Waals surface area contributed by atoms with Crippen molar-refractivity contribution in [2.24, 2.45) is 0 Å². The SMILES string of the molecule is CCOC(=O)C1(CSCCN(CC)CC)OC(=O)C(O)=C1SCCN(CC)CC. The van der Waals surface area contributed by atoms with Crippen molar-refractivity contribution in [3.05, 3.63) is 10.7 Å². The molecular weight excluding hydrogens is 412 g/mol. The summed E-state index contributed by atoms with van der Waals surface area (Å²) in [5, 5.41) is 10.4. The quantitative estimate of drug-likeness (QED) is 0.300. The van der Waals surface area contributed by atoms with Gasteiger partial charge in [0.1, 0.15) is 0 Å². The van der Waals surface area contributed by atoms with Gasteiger partial charge in [0.15, 0.2) is 0 Å². The number of hydrogen-bond donors (Lipinski definition) is 1. The second kappa shape index (κ2) is 13.4. The number of aliphatic hydroxyl groups is 1. The van der Waals surface area contributed by atoms with Gasteiger partial charge in [0.2, 0.25) is 5.76 Å². The second-order valence-electron chi connectivity index (χ2n) is 6.57. The van der Waals surface area contributed by atoms with E-state index in [2.05, 4.69) is 37.5 Å². The molecule has 0 radical (unpaired) electrons. The summed E-state index contributed by atoms with van der Waals surface area (Å²) in [6, 6.07) is 0.